The lowest BCUT2D eigenvalue weighted by Gasteiger charge is -2.32. The summed E-state index contributed by atoms with van der Waals surface area (Å²) in [6.07, 6.45) is -4.88. The Morgan fingerprint density at radius 3 is 2.20 bits per heavy atom. The number of nitrogens with zero attached hydrogens (tertiary/aromatic N) is 2. The van der Waals surface area contributed by atoms with Gasteiger partial charge in [0.15, 0.2) is 0 Å². The van der Waals surface area contributed by atoms with E-state index in [1.165, 1.54) is 36.1 Å². The number of aryl methyl sites for hydroxylation is 1. The molecule has 3 aromatic rings. The van der Waals surface area contributed by atoms with Gasteiger partial charge in [-0.15, -0.1) is 0 Å². The fraction of sp³-hybridized carbons (Fsp3) is 0.286. The normalized spacial score (nSPS) is 12.5. The third kappa shape index (κ3) is 8.02. The van der Waals surface area contributed by atoms with Crippen LogP contribution in [0.3, 0.4) is 0 Å². The van der Waals surface area contributed by atoms with Crippen molar-refractivity contribution in [1.29, 1.82) is 0 Å². The summed E-state index contributed by atoms with van der Waals surface area (Å²) >= 11 is 9.12. The van der Waals surface area contributed by atoms with Crippen molar-refractivity contribution >= 4 is 55.1 Å². The van der Waals surface area contributed by atoms with Crippen LogP contribution < -0.4 is 9.62 Å². The monoisotopic (exact) mass is 673 g/mol. The molecular formula is C28H28BrClF3N3O4S. The summed E-state index contributed by atoms with van der Waals surface area (Å²) in [4.78, 5) is 27.5. The molecule has 0 aromatic heterocycles. The Hall–Kier alpha value is -3.09. The van der Waals surface area contributed by atoms with E-state index in [-0.39, 0.29) is 11.4 Å². The maximum absolute atomic E-state index is 13.8. The Morgan fingerprint density at radius 2 is 1.63 bits per heavy atom. The summed E-state index contributed by atoms with van der Waals surface area (Å²) in [5.41, 5.74) is -0.258. The largest absolute Gasteiger partial charge is 0.417 e. The van der Waals surface area contributed by atoms with Gasteiger partial charge in [-0.25, -0.2) is 8.42 Å². The first kappa shape index (κ1) is 32.4. The lowest BCUT2D eigenvalue weighted by atomic mass is 10.1. The van der Waals surface area contributed by atoms with Gasteiger partial charge in [0.1, 0.15) is 12.6 Å². The molecule has 0 saturated carbocycles. The zero-order chi connectivity index (χ0) is 30.5. The number of sulfonamides is 1. The molecule has 3 rings (SSSR count). The van der Waals surface area contributed by atoms with Crippen LogP contribution in [0.4, 0.5) is 18.9 Å². The number of carbonyl (C=O) groups is 2. The van der Waals surface area contributed by atoms with Gasteiger partial charge in [0, 0.05) is 17.6 Å². The van der Waals surface area contributed by atoms with E-state index in [1.807, 2.05) is 0 Å². The molecule has 0 spiro atoms. The smallest absolute Gasteiger partial charge is 0.355 e. The van der Waals surface area contributed by atoms with E-state index in [9.17, 15) is 31.2 Å². The number of nitrogens with one attached hydrogen (secondary N) is 1. The standard InChI is InChI=1S/C28H28BrClF3N3O4S/c1-4-34-27(38)19(3)35(16-20-7-9-21(29)10-8-20)26(37)17-36(41(39,40)23-12-5-18(2)6-13-23)22-11-14-25(30)24(15-22)28(31,32)33/h5-15,19H,4,16-17H2,1-3H3,(H,34,38). The molecule has 1 atom stereocenters. The van der Waals surface area contributed by atoms with Gasteiger partial charge in [0.25, 0.3) is 10.0 Å². The number of hydrogen-bond donors (Lipinski definition) is 1. The summed E-state index contributed by atoms with van der Waals surface area (Å²) in [5, 5.41) is 2.02. The molecule has 0 aliphatic carbocycles. The molecule has 0 bridgehead atoms. The molecule has 1 unspecified atom stereocenters. The first-order valence-corrected chi connectivity index (χ1v) is 15.0. The molecule has 0 radical (unpaired) electrons. The second kappa shape index (κ2) is 13.3. The molecule has 0 aliphatic rings. The highest BCUT2D eigenvalue weighted by Crippen LogP contribution is 2.38. The quantitative estimate of drug-likeness (QED) is 0.279. The zero-order valence-corrected chi connectivity index (χ0v) is 25.5. The number of hydrogen-bond acceptors (Lipinski definition) is 4. The van der Waals surface area contributed by atoms with Crippen molar-refractivity contribution in [2.24, 2.45) is 0 Å². The van der Waals surface area contributed by atoms with Gasteiger partial charge in [-0.3, -0.25) is 13.9 Å². The Balaban J connectivity index is 2.12. The molecular weight excluding hydrogens is 647 g/mol. The average Bonchev–Trinajstić information content (AvgIpc) is 2.91. The van der Waals surface area contributed by atoms with Crippen LogP contribution in [0.1, 0.15) is 30.5 Å². The summed E-state index contributed by atoms with van der Waals surface area (Å²) in [6, 6.07) is 14.2. The highest BCUT2D eigenvalue weighted by molar-refractivity contribution is 9.10. The number of halogens is 5. The fourth-order valence-electron chi connectivity index (χ4n) is 3.94. The number of anilines is 1. The number of alkyl halides is 3. The van der Waals surface area contributed by atoms with E-state index < -0.39 is 56.9 Å². The van der Waals surface area contributed by atoms with Crippen molar-refractivity contribution in [3.05, 3.63) is 92.9 Å². The van der Waals surface area contributed by atoms with Crippen LogP contribution in [0.15, 0.2) is 76.1 Å². The van der Waals surface area contributed by atoms with Crippen molar-refractivity contribution in [3.8, 4) is 0 Å². The van der Waals surface area contributed by atoms with Crippen molar-refractivity contribution < 1.29 is 31.2 Å². The highest BCUT2D eigenvalue weighted by Gasteiger charge is 2.37. The lowest BCUT2D eigenvalue weighted by Crippen LogP contribution is -2.51. The van der Waals surface area contributed by atoms with Crippen LogP contribution in [0.25, 0.3) is 0 Å². The second-order valence-corrected chi connectivity index (χ2v) is 12.4. The van der Waals surface area contributed by atoms with Crippen LogP contribution in [-0.2, 0) is 32.3 Å². The molecule has 0 saturated heterocycles. The van der Waals surface area contributed by atoms with E-state index in [0.717, 1.165) is 22.2 Å². The van der Waals surface area contributed by atoms with Gasteiger partial charge in [-0.2, -0.15) is 13.2 Å². The Labute approximate surface area is 250 Å². The van der Waals surface area contributed by atoms with Crippen molar-refractivity contribution in [2.45, 2.75) is 44.4 Å². The first-order chi connectivity index (χ1) is 19.1. The predicted molar refractivity (Wildman–Crippen MR) is 155 cm³/mol. The minimum absolute atomic E-state index is 0.0583. The van der Waals surface area contributed by atoms with E-state index in [2.05, 4.69) is 21.2 Å². The van der Waals surface area contributed by atoms with Crippen LogP contribution in [-0.4, -0.2) is 44.3 Å². The Bertz CT molecular complexity index is 1500. The van der Waals surface area contributed by atoms with Gasteiger partial charge in [-0.1, -0.05) is 57.4 Å². The molecule has 0 fully saturated rings. The predicted octanol–water partition coefficient (Wildman–Crippen LogP) is 6.18. The molecule has 220 valence electrons. The summed E-state index contributed by atoms with van der Waals surface area (Å²) in [5.74, 6) is -1.28. The highest BCUT2D eigenvalue weighted by atomic mass is 79.9. The molecule has 0 aliphatic heterocycles. The molecule has 13 heteroatoms. The minimum atomic E-state index is -4.88. The molecule has 2 amide bonds. The van der Waals surface area contributed by atoms with E-state index in [0.29, 0.717) is 22.5 Å². The van der Waals surface area contributed by atoms with Crippen molar-refractivity contribution in [3.63, 3.8) is 0 Å². The molecule has 3 aromatic carbocycles. The lowest BCUT2D eigenvalue weighted by molar-refractivity contribution is -0.139. The van der Waals surface area contributed by atoms with Crippen molar-refractivity contribution in [1.82, 2.24) is 10.2 Å². The van der Waals surface area contributed by atoms with Crippen LogP contribution >= 0.6 is 27.5 Å². The van der Waals surface area contributed by atoms with Gasteiger partial charge < -0.3 is 10.2 Å². The number of carbonyl (C=O) groups excluding carboxylic acids is 2. The molecule has 0 heterocycles. The first-order valence-electron chi connectivity index (χ1n) is 12.4. The Kier molecular flexibility index (Phi) is 10.5. The number of amides is 2. The minimum Gasteiger partial charge on any atom is -0.355 e. The fourth-order valence-corrected chi connectivity index (χ4v) is 5.84. The van der Waals surface area contributed by atoms with E-state index in [4.69, 9.17) is 11.6 Å². The maximum Gasteiger partial charge on any atom is 0.417 e. The molecule has 41 heavy (non-hydrogen) atoms. The third-order valence-corrected chi connectivity index (χ3v) is 8.86. The zero-order valence-electron chi connectivity index (χ0n) is 22.4. The number of rotatable bonds is 10. The average molecular weight is 675 g/mol. The van der Waals surface area contributed by atoms with Gasteiger partial charge in [0.05, 0.1) is 21.2 Å². The van der Waals surface area contributed by atoms with E-state index >= 15 is 0 Å². The van der Waals surface area contributed by atoms with Crippen LogP contribution in [0.2, 0.25) is 5.02 Å². The number of likely N-dealkylation sites (N-methyl/N-ethyl adjacent to an activating group) is 1. The SMILES string of the molecule is CCNC(=O)C(C)N(Cc1ccc(Br)cc1)C(=O)CN(c1ccc(Cl)c(C(F)(F)F)c1)S(=O)(=O)c1ccc(C)cc1. The van der Waals surface area contributed by atoms with Crippen molar-refractivity contribution in [2.75, 3.05) is 17.4 Å². The number of benzene rings is 3. The maximum atomic E-state index is 13.8. The summed E-state index contributed by atoms with van der Waals surface area (Å²) < 4.78 is 70.1. The second-order valence-electron chi connectivity index (χ2n) is 9.21. The summed E-state index contributed by atoms with van der Waals surface area (Å²) in [7, 11) is -4.54. The van der Waals surface area contributed by atoms with Crippen LogP contribution in [0.5, 0.6) is 0 Å². The third-order valence-electron chi connectivity index (χ3n) is 6.22. The molecule has 1 N–H and O–H groups in total. The van der Waals surface area contributed by atoms with Gasteiger partial charge in [-0.05, 0) is 68.8 Å². The Morgan fingerprint density at radius 1 is 1.02 bits per heavy atom. The van der Waals surface area contributed by atoms with Gasteiger partial charge in [0.2, 0.25) is 11.8 Å². The topological polar surface area (TPSA) is 86.8 Å². The van der Waals surface area contributed by atoms with Gasteiger partial charge >= 0.3 is 6.18 Å². The van der Waals surface area contributed by atoms with E-state index in [1.54, 1.807) is 38.1 Å². The van der Waals surface area contributed by atoms with Crippen LogP contribution in [0, 0.1) is 6.92 Å². The summed E-state index contributed by atoms with van der Waals surface area (Å²) in [6.45, 7) is 4.30. The molecule has 7 nitrogen and oxygen atoms in total.